The summed E-state index contributed by atoms with van der Waals surface area (Å²) in [5.74, 6) is 0.859. The molecule has 1 heterocycles. The van der Waals surface area contributed by atoms with E-state index in [1.165, 1.54) is 31.4 Å². The second kappa shape index (κ2) is 5.82. The lowest BCUT2D eigenvalue weighted by Crippen LogP contribution is -2.31. The first-order valence-electron chi connectivity index (χ1n) is 7.20. The van der Waals surface area contributed by atoms with Gasteiger partial charge in [0.2, 0.25) is 0 Å². The van der Waals surface area contributed by atoms with E-state index in [0.717, 1.165) is 25.6 Å². The van der Waals surface area contributed by atoms with E-state index in [9.17, 15) is 0 Å². The minimum atomic E-state index is 0. The number of halogens is 1. The Hall–Kier alpha value is -0.570. The topological polar surface area (TPSA) is 29.3 Å². The standard InChI is InChI=1S/C16H24N2.ClH/c1-16(11-17)7-8-18(12-16)10-13-3-2-4-15(9-13)14-5-6-14;/h2-4,9,14H,5-8,10-12,17H2,1H3;1H. The second-order valence-corrected chi connectivity index (χ2v) is 6.49. The fourth-order valence-corrected chi connectivity index (χ4v) is 3.05. The minimum Gasteiger partial charge on any atom is -0.330 e. The number of benzene rings is 1. The molecule has 0 spiro atoms. The van der Waals surface area contributed by atoms with Crippen molar-refractivity contribution in [2.45, 2.75) is 38.6 Å². The molecule has 0 amide bonds. The van der Waals surface area contributed by atoms with Crippen LogP contribution >= 0.6 is 12.4 Å². The maximum atomic E-state index is 5.87. The van der Waals surface area contributed by atoms with Crippen LogP contribution in [0.3, 0.4) is 0 Å². The van der Waals surface area contributed by atoms with E-state index in [2.05, 4.69) is 36.1 Å². The molecule has 1 aromatic carbocycles. The molecule has 0 aromatic heterocycles. The van der Waals surface area contributed by atoms with Crippen LogP contribution in [0.15, 0.2) is 24.3 Å². The van der Waals surface area contributed by atoms with Crippen LogP contribution in [0.2, 0.25) is 0 Å². The molecule has 0 bridgehead atoms. The predicted octanol–water partition coefficient (Wildman–Crippen LogP) is 3.16. The van der Waals surface area contributed by atoms with Crippen molar-refractivity contribution in [1.82, 2.24) is 4.90 Å². The molecule has 0 radical (unpaired) electrons. The van der Waals surface area contributed by atoms with Gasteiger partial charge in [-0.15, -0.1) is 12.4 Å². The first kappa shape index (κ1) is 14.8. The number of likely N-dealkylation sites (tertiary alicyclic amines) is 1. The quantitative estimate of drug-likeness (QED) is 0.918. The number of hydrogen-bond acceptors (Lipinski definition) is 2. The lowest BCUT2D eigenvalue weighted by Gasteiger charge is -2.22. The smallest absolute Gasteiger partial charge is 0.0234 e. The van der Waals surface area contributed by atoms with Crippen molar-refractivity contribution in [3.05, 3.63) is 35.4 Å². The molecule has 1 aromatic rings. The van der Waals surface area contributed by atoms with E-state index in [1.54, 1.807) is 5.56 Å². The molecule has 2 aliphatic rings. The molecule has 1 saturated carbocycles. The van der Waals surface area contributed by atoms with Crippen LogP contribution in [0.1, 0.15) is 43.2 Å². The van der Waals surface area contributed by atoms with Gasteiger partial charge in [-0.1, -0.05) is 31.2 Å². The molecule has 3 heteroatoms. The Bertz CT molecular complexity index is 431. The van der Waals surface area contributed by atoms with E-state index in [1.807, 2.05) is 0 Å². The lowest BCUT2D eigenvalue weighted by atomic mass is 9.90. The summed E-state index contributed by atoms with van der Waals surface area (Å²) < 4.78 is 0. The number of nitrogens with two attached hydrogens (primary N) is 1. The maximum Gasteiger partial charge on any atom is 0.0234 e. The third kappa shape index (κ3) is 3.50. The van der Waals surface area contributed by atoms with Gasteiger partial charge < -0.3 is 5.73 Å². The van der Waals surface area contributed by atoms with Gasteiger partial charge in [0, 0.05) is 13.1 Å². The van der Waals surface area contributed by atoms with E-state index in [0.29, 0.717) is 5.41 Å². The molecular weight excluding hydrogens is 256 g/mol. The zero-order valence-electron chi connectivity index (χ0n) is 11.8. The van der Waals surface area contributed by atoms with Gasteiger partial charge in [-0.25, -0.2) is 0 Å². The highest BCUT2D eigenvalue weighted by Gasteiger charge is 2.32. The van der Waals surface area contributed by atoms with Gasteiger partial charge in [0.05, 0.1) is 0 Å². The van der Waals surface area contributed by atoms with Gasteiger partial charge in [-0.3, -0.25) is 4.90 Å². The first-order chi connectivity index (χ1) is 8.68. The molecule has 19 heavy (non-hydrogen) atoms. The van der Waals surface area contributed by atoms with Crippen LogP contribution in [0.25, 0.3) is 0 Å². The van der Waals surface area contributed by atoms with E-state index in [-0.39, 0.29) is 12.4 Å². The second-order valence-electron chi connectivity index (χ2n) is 6.49. The Morgan fingerprint density at radius 2 is 2.16 bits per heavy atom. The summed E-state index contributed by atoms with van der Waals surface area (Å²) in [5, 5.41) is 0. The van der Waals surface area contributed by atoms with Gasteiger partial charge in [0.1, 0.15) is 0 Å². The molecule has 2 fully saturated rings. The molecule has 1 aliphatic heterocycles. The molecule has 1 unspecified atom stereocenters. The lowest BCUT2D eigenvalue weighted by molar-refractivity contribution is 0.274. The van der Waals surface area contributed by atoms with E-state index in [4.69, 9.17) is 5.73 Å². The van der Waals surface area contributed by atoms with Crippen molar-refractivity contribution in [2.24, 2.45) is 11.1 Å². The van der Waals surface area contributed by atoms with Crippen molar-refractivity contribution in [2.75, 3.05) is 19.6 Å². The van der Waals surface area contributed by atoms with Crippen LogP contribution < -0.4 is 5.73 Å². The van der Waals surface area contributed by atoms with Crippen molar-refractivity contribution >= 4 is 12.4 Å². The van der Waals surface area contributed by atoms with Crippen molar-refractivity contribution in [1.29, 1.82) is 0 Å². The summed E-state index contributed by atoms with van der Waals surface area (Å²) in [4.78, 5) is 2.55. The Kier molecular flexibility index (Phi) is 4.54. The summed E-state index contributed by atoms with van der Waals surface area (Å²) in [5.41, 5.74) is 9.23. The Morgan fingerprint density at radius 1 is 1.37 bits per heavy atom. The van der Waals surface area contributed by atoms with Gasteiger partial charge in [-0.2, -0.15) is 0 Å². The number of hydrogen-bond donors (Lipinski definition) is 1. The van der Waals surface area contributed by atoms with Crippen LogP contribution in [0.5, 0.6) is 0 Å². The normalized spacial score (nSPS) is 27.3. The van der Waals surface area contributed by atoms with Crippen LogP contribution in [0.4, 0.5) is 0 Å². The first-order valence-corrected chi connectivity index (χ1v) is 7.20. The third-order valence-corrected chi connectivity index (χ3v) is 4.54. The zero-order chi connectivity index (χ0) is 12.6. The van der Waals surface area contributed by atoms with Gasteiger partial charge in [0.15, 0.2) is 0 Å². The summed E-state index contributed by atoms with van der Waals surface area (Å²) in [7, 11) is 0. The number of rotatable bonds is 4. The Balaban J connectivity index is 0.00000133. The summed E-state index contributed by atoms with van der Waals surface area (Å²) >= 11 is 0. The third-order valence-electron chi connectivity index (χ3n) is 4.54. The Labute approximate surface area is 122 Å². The van der Waals surface area contributed by atoms with Crippen molar-refractivity contribution < 1.29 is 0 Å². The molecule has 1 saturated heterocycles. The largest absolute Gasteiger partial charge is 0.330 e. The van der Waals surface area contributed by atoms with E-state index < -0.39 is 0 Å². The van der Waals surface area contributed by atoms with Crippen LogP contribution in [-0.2, 0) is 6.54 Å². The summed E-state index contributed by atoms with van der Waals surface area (Å²) in [6.45, 7) is 6.56. The van der Waals surface area contributed by atoms with Crippen molar-refractivity contribution in [3.63, 3.8) is 0 Å². The highest BCUT2D eigenvalue weighted by atomic mass is 35.5. The van der Waals surface area contributed by atoms with Gasteiger partial charge in [-0.05, 0) is 54.8 Å². The SMILES string of the molecule is CC1(CN)CCN(Cc2cccc(C3CC3)c2)C1.Cl. The molecule has 106 valence electrons. The molecule has 3 rings (SSSR count). The fourth-order valence-electron chi connectivity index (χ4n) is 3.05. The summed E-state index contributed by atoms with van der Waals surface area (Å²) in [6, 6.07) is 9.19. The number of nitrogens with zero attached hydrogens (tertiary/aromatic N) is 1. The minimum absolute atomic E-state index is 0. The molecule has 1 atom stereocenters. The monoisotopic (exact) mass is 280 g/mol. The predicted molar refractivity (Wildman–Crippen MR) is 82.7 cm³/mol. The highest BCUT2D eigenvalue weighted by Crippen LogP contribution is 2.40. The van der Waals surface area contributed by atoms with Gasteiger partial charge >= 0.3 is 0 Å². The zero-order valence-corrected chi connectivity index (χ0v) is 12.6. The average molecular weight is 281 g/mol. The summed E-state index contributed by atoms with van der Waals surface area (Å²) in [6.07, 6.45) is 4.02. The van der Waals surface area contributed by atoms with Crippen molar-refractivity contribution in [3.8, 4) is 0 Å². The van der Waals surface area contributed by atoms with Crippen LogP contribution in [-0.4, -0.2) is 24.5 Å². The highest BCUT2D eigenvalue weighted by molar-refractivity contribution is 5.85. The van der Waals surface area contributed by atoms with Crippen LogP contribution in [0, 0.1) is 5.41 Å². The molecular formula is C16H25ClN2. The molecule has 2 nitrogen and oxygen atoms in total. The Morgan fingerprint density at radius 3 is 2.79 bits per heavy atom. The van der Waals surface area contributed by atoms with E-state index >= 15 is 0 Å². The average Bonchev–Trinajstić information content (AvgIpc) is 3.16. The molecule has 2 N–H and O–H groups in total. The van der Waals surface area contributed by atoms with Gasteiger partial charge in [0.25, 0.3) is 0 Å². The fraction of sp³-hybridized carbons (Fsp3) is 0.625. The maximum absolute atomic E-state index is 5.87. The molecule has 1 aliphatic carbocycles.